The minimum atomic E-state index is 0.763. The van der Waals surface area contributed by atoms with Crippen LogP contribution in [0.2, 0.25) is 0 Å². The van der Waals surface area contributed by atoms with Gasteiger partial charge in [-0.3, -0.25) is 0 Å². The van der Waals surface area contributed by atoms with Gasteiger partial charge in [-0.25, -0.2) is 4.98 Å². The first-order valence-corrected chi connectivity index (χ1v) is 6.24. The molecule has 0 unspecified atom stereocenters. The van der Waals surface area contributed by atoms with E-state index in [-0.39, 0.29) is 0 Å². The van der Waals surface area contributed by atoms with E-state index in [4.69, 9.17) is 4.98 Å². The molecule has 76 valence electrons. The van der Waals surface area contributed by atoms with E-state index in [1.54, 1.807) is 11.3 Å². The Hall–Kier alpha value is -1.15. The third-order valence-electron chi connectivity index (χ3n) is 2.89. The zero-order valence-electron chi connectivity index (χ0n) is 8.73. The van der Waals surface area contributed by atoms with Gasteiger partial charge in [0.15, 0.2) is 0 Å². The number of hydrogen-bond acceptors (Lipinski definition) is 2. The summed E-state index contributed by atoms with van der Waals surface area (Å²) in [5.74, 6) is 0.763. The lowest BCUT2D eigenvalue weighted by Gasteiger charge is -2.00. The van der Waals surface area contributed by atoms with Gasteiger partial charge in [0.25, 0.3) is 0 Å². The molecule has 3 rings (SSSR count). The van der Waals surface area contributed by atoms with E-state index in [0.717, 1.165) is 5.92 Å². The van der Waals surface area contributed by atoms with Crippen LogP contribution in [-0.4, -0.2) is 4.98 Å². The molecular formula is C13H13NS. The van der Waals surface area contributed by atoms with Crippen LogP contribution in [0.3, 0.4) is 0 Å². The van der Waals surface area contributed by atoms with Gasteiger partial charge in [-0.1, -0.05) is 24.3 Å². The zero-order valence-corrected chi connectivity index (χ0v) is 9.55. The minimum Gasteiger partial charge on any atom is -0.241 e. The molecule has 2 heteroatoms. The van der Waals surface area contributed by atoms with Gasteiger partial charge in [-0.05, 0) is 25.3 Å². The Kier molecular flexibility index (Phi) is 2.10. The van der Waals surface area contributed by atoms with Crippen molar-refractivity contribution in [1.82, 2.24) is 4.98 Å². The van der Waals surface area contributed by atoms with E-state index in [0.29, 0.717) is 0 Å². The number of rotatable bonds is 2. The lowest BCUT2D eigenvalue weighted by Crippen LogP contribution is -1.83. The largest absolute Gasteiger partial charge is 0.241 e. The van der Waals surface area contributed by atoms with Crippen molar-refractivity contribution in [2.45, 2.75) is 25.7 Å². The minimum absolute atomic E-state index is 0.763. The van der Waals surface area contributed by atoms with Crippen LogP contribution < -0.4 is 0 Å². The lowest BCUT2D eigenvalue weighted by atomic mass is 10.1. The van der Waals surface area contributed by atoms with Crippen molar-refractivity contribution < 1.29 is 0 Å². The van der Waals surface area contributed by atoms with Crippen LogP contribution in [0.15, 0.2) is 29.6 Å². The summed E-state index contributed by atoms with van der Waals surface area (Å²) in [6.07, 6.45) is 2.66. The van der Waals surface area contributed by atoms with Crippen LogP contribution in [-0.2, 0) is 0 Å². The van der Waals surface area contributed by atoms with E-state index in [2.05, 4.69) is 36.6 Å². The van der Waals surface area contributed by atoms with Crippen molar-refractivity contribution in [2.24, 2.45) is 0 Å². The lowest BCUT2D eigenvalue weighted by molar-refractivity contribution is 1.05. The number of aryl methyl sites for hydroxylation is 1. The highest BCUT2D eigenvalue weighted by molar-refractivity contribution is 7.13. The van der Waals surface area contributed by atoms with Crippen LogP contribution in [0.1, 0.15) is 30.0 Å². The van der Waals surface area contributed by atoms with E-state index in [1.165, 1.54) is 34.7 Å². The fourth-order valence-corrected chi connectivity index (χ4v) is 2.78. The van der Waals surface area contributed by atoms with E-state index >= 15 is 0 Å². The number of aromatic nitrogens is 1. The number of hydrogen-bond donors (Lipinski definition) is 0. The molecule has 0 spiro atoms. The molecule has 1 saturated carbocycles. The van der Waals surface area contributed by atoms with Crippen molar-refractivity contribution in [3.05, 3.63) is 40.9 Å². The van der Waals surface area contributed by atoms with Crippen molar-refractivity contribution in [3.8, 4) is 10.6 Å². The Morgan fingerprint density at radius 2 is 2.07 bits per heavy atom. The van der Waals surface area contributed by atoms with Gasteiger partial charge in [0.05, 0.1) is 5.69 Å². The Bertz CT molecular complexity index is 483. The van der Waals surface area contributed by atoms with Gasteiger partial charge in [0, 0.05) is 16.9 Å². The quantitative estimate of drug-likeness (QED) is 0.738. The van der Waals surface area contributed by atoms with Crippen molar-refractivity contribution in [1.29, 1.82) is 0 Å². The van der Waals surface area contributed by atoms with Crippen LogP contribution >= 0.6 is 11.3 Å². The molecule has 1 aliphatic rings. The second kappa shape index (κ2) is 3.46. The van der Waals surface area contributed by atoms with Crippen LogP contribution in [0.4, 0.5) is 0 Å². The molecule has 1 nitrogen and oxygen atoms in total. The monoisotopic (exact) mass is 215 g/mol. The number of nitrogens with zero attached hydrogens (tertiary/aromatic N) is 1. The molecule has 2 aromatic rings. The summed E-state index contributed by atoms with van der Waals surface area (Å²) in [6, 6.07) is 8.47. The van der Waals surface area contributed by atoms with Gasteiger partial charge < -0.3 is 0 Å². The molecule has 0 N–H and O–H groups in total. The van der Waals surface area contributed by atoms with Crippen LogP contribution in [0.25, 0.3) is 10.6 Å². The standard InChI is InChI=1S/C13H13NS/c1-9-4-2-3-5-11(9)13-14-12(8-15-13)10-6-7-10/h2-5,8,10H,6-7H2,1H3. The topological polar surface area (TPSA) is 12.9 Å². The van der Waals surface area contributed by atoms with E-state index < -0.39 is 0 Å². The first-order valence-electron chi connectivity index (χ1n) is 5.36. The summed E-state index contributed by atoms with van der Waals surface area (Å²) in [7, 11) is 0. The molecule has 0 aliphatic heterocycles. The van der Waals surface area contributed by atoms with E-state index in [9.17, 15) is 0 Å². The molecule has 0 saturated heterocycles. The molecule has 1 fully saturated rings. The average Bonchev–Trinajstić information content (AvgIpc) is 2.99. The van der Waals surface area contributed by atoms with Crippen molar-refractivity contribution in [3.63, 3.8) is 0 Å². The van der Waals surface area contributed by atoms with Gasteiger partial charge in [-0.2, -0.15) is 0 Å². The van der Waals surface area contributed by atoms with Gasteiger partial charge >= 0.3 is 0 Å². The highest BCUT2D eigenvalue weighted by Gasteiger charge is 2.26. The third kappa shape index (κ3) is 1.70. The highest BCUT2D eigenvalue weighted by Crippen LogP contribution is 2.41. The molecule has 1 aromatic carbocycles. The molecule has 0 bridgehead atoms. The molecule has 0 atom stereocenters. The summed E-state index contributed by atoms with van der Waals surface area (Å²) in [4.78, 5) is 4.72. The summed E-state index contributed by atoms with van der Waals surface area (Å²) in [5, 5.41) is 3.40. The summed E-state index contributed by atoms with van der Waals surface area (Å²) < 4.78 is 0. The Morgan fingerprint density at radius 3 is 2.80 bits per heavy atom. The predicted molar refractivity (Wildman–Crippen MR) is 64.3 cm³/mol. The molecule has 1 heterocycles. The van der Waals surface area contributed by atoms with Crippen molar-refractivity contribution in [2.75, 3.05) is 0 Å². The Morgan fingerprint density at radius 1 is 1.27 bits per heavy atom. The SMILES string of the molecule is Cc1ccccc1-c1nc(C2CC2)cs1. The summed E-state index contributed by atoms with van der Waals surface area (Å²) in [5.41, 5.74) is 3.90. The first kappa shape index (κ1) is 9.10. The maximum atomic E-state index is 4.72. The third-order valence-corrected chi connectivity index (χ3v) is 3.79. The second-order valence-corrected chi connectivity index (χ2v) is 5.02. The van der Waals surface area contributed by atoms with Gasteiger partial charge in [-0.15, -0.1) is 11.3 Å². The van der Waals surface area contributed by atoms with Gasteiger partial charge in [0.1, 0.15) is 5.01 Å². The first-order chi connectivity index (χ1) is 7.34. The second-order valence-electron chi connectivity index (χ2n) is 4.17. The zero-order chi connectivity index (χ0) is 10.3. The maximum absolute atomic E-state index is 4.72. The number of benzene rings is 1. The molecule has 1 aliphatic carbocycles. The van der Waals surface area contributed by atoms with E-state index in [1.807, 2.05) is 0 Å². The Balaban J connectivity index is 2.01. The fraction of sp³-hybridized carbons (Fsp3) is 0.308. The summed E-state index contributed by atoms with van der Waals surface area (Å²) in [6.45, 7) is 2.15. The van der Waals surface area contributed by atoms with Crippen LogP contribution in [0.5, 0.6) is 0 Å². The average molecular weight is 215 g/mol. The smallest absolute Gasteiger partial charge is 0.123 e. The normalized spacial score (nSPS) is 15.5. The van der Waals surface area contributed by atoms with Crippen molar-refractivity contribution >= 4 is 11.3 Å². The maximum Gasteiger partial charge on any atom is 0.123 e. The summed E-state index contributed by atoms with van der Waals surface area (Å²) >= 11 is 1.77. The Labute approximate surface area is 93.8 Å². The molecule has 0 amide bonds. The number of thiazole rings is 1. The highest BCUT2D eigenvalue weighted by atomic mass is 32.1. The molecule has 1 aromatic heterocycles. The molecule has 0 radical (unpaired) electrons. The fourth-order valence-electron chi connectivity index (χ4n) is 1.79. The molecular weight excluding hydrogens is 202 g/mol. The van der Waals surface area contributed by atoms with Crippen LogP contribution in [0, 0.1) is 6.92 Å². The predicted octanol–water partition coefficient (Wildman–Crippen LogP) is 4.00. The van der Waals surface area contributed by atoms with Gasteiger partial charge in [0.2, 0.25) is 0 Å². The molecule has 15 heavy (non-hydrogen) atoms.